The minimum absolute atomic E-state index is 0.795. The summed E-state index contributed by atoms with van der Waals surface area (Å²) in [4.78, 5) is 1.26. The van der Waals surface area contributed by atoms with Crippen molar-refractivity contribution in [1.82, 2.24) is 0 Å². The van der Waals surface area contributed by atoms with Gasteiger partial charge in [0.2, 0.25) is 0 Å². The first-order chi connectivity index (χ1) is 5.33. The molecule has 0 aliphatic heterocycles. The van der Waals surface area contributed by atoms with E-state index in [0.29, 0.717) is 0 Å². The molecule has 60 valence electrons. The van der Waals surface area contributed by atoms with Crippen molar-refractivity contribution in [3.05, 3.63) is 29.3 Å². The first-order valence-electron chi connectivity index (χ1n) is 3.50. The molecule has 11 heavy (non-hydrogen) atoms. The van der Waals surface area contributed by atoms with Gasteiger partial charge < -0.3 is 5.73 Å². The maximum atomic E-state index is 5.72. The lowest BCUT2D eigenvalue weighted by atomic mass is 10.4. The van der Waals surface area contributed by atoms with Crippen LogP contribution in [0.3, 0.4) is 0 Å². The number of rotatable bonds is 3. The van der Waals surface area contributed by atoms with Crippen LogP contribution < -0.4 is 5.73 Å². The molecule has 1 rings (SSSR count). The van der Waals surface area contributed by atoms with Gasteiger partial charge in [-0.1, -0.05) is 11.6 Å². The molecule has 3 N–H and O–H groups in total. The van der Waals surface area contributed by atoms with Crippen molar-refractivity contribution < 1.29 is 5.73 Å². The van der Waals surface area contributed by atoms with Crippen LogP contribution in [0.15, 0.2) is 29.2 Å². The summed E-state index contributed by atoms with van der Waals surface area (Å²) in [6.07, 6.45) is 0. The molecule has 0 atom stereocenters. The summed E-state index contributed by atoms with van der Waals surface area (Å²) in [6, 6.07) is 7.88. The van der Waals surface area contributed by atoms with Gasteiger partial charge in [0.1, 0.15) is 0 Å². The van der Waals surface area contributed by atoms with Crippen LogP contribution in [0.5, 0.6) is 0 Å². The van der Waals surface area contributed by atoms with Crippen LogP contribution in [0, 0.1) is 0 Å². The normalized spacial score (nSPS) is 10.0. The Balaban J connectivity index is 2.52. The third-order valence-electron chi connectivity index (χ3n) is 1.23. The minimum atomic E-state index is 0.795. The number of thioether (sulfide) groups is 1. The Labute approximate surface area is 75.9 Å². The van der Waals surface area contributed by atoms with Crippen molar-refractivity contribution >= 4 is 23.4 Å². The van der Waals surface area contributed by atoms with Gasteiger partial charge in [-0.05, 0) is 24.3 Å². The Morgan fingerprint density at radius 1 is 1.27 bits per heavy atom. The predicted octanol–water partition coefficient (Wildman–Crippen LogP) is 1.67. The summed E-state index contributed by atoms with van der Waals surface area (Å²) < 4.78 is 0. The number of quaternary nitrogens is 1. The lowest BCUT2D eigenvalue weighted by Gasteiger charge is -1.97. The van der Waals surface area contributed by atoms with Gasteiger partial charge in [-0.15, -0.1) is 11.8 Å². The van der Waals surface area contributed by atoms with E-state index in [-0.39, 0.29) is 0 Å². The van der Waals surface area contributed by atoms with E-state index in [2.05, 4.69) is 5.73 Å². The second kappa shape index (κ2) is 4.65. The van der Waals surface area contributed by atoms with Crippen molar-refractivity contribution in [2.24, 2.45) is 0 Å². The summed E-state index contributed by atoms with van der Waals surface area (Å²) in [6.45, 7) is 0.966. The lowest BCUT2D eigenvalue weighted by Crippen LogP contribution is -2.51. The summed E-state index contributed by atoms with van der Waals surface area (Å²) in [5, 5.41) is 0.795. The molecule has 0 saturated carbocycles. The van der Waals surface area contributed by atoms with Crippen LogP contribution in [0.25, 0.3) is 0 Å². The maximum absolute atomic E-state index is 5.72. The van der Waals surface area contributed by atoms with E-state index < -0.39 is 0 Å². The van der Waals surface area contributed by atoms with Gasteiger partial charge in [-0.25, -0.2) is 0 Å². The van der Waals surface area contributed by atoms with E-state index in [9.17, 15) is 0 Å². The van der Waals surface area contributed by atoms with Gasteiger partial charge in [0.25, 0.3) is 0 Å². The summed E-state index contributed by atoms with van der Waals surface area (Å²) in [7, 11) is 0. The van der Waals surface area contributed by atoms with E-state index in [0.717, 1.165) is 17.3 Å². The van der Waals surface area contributed by atoms with Crippen LogP contribution in [0.1, 0.15) is 0 Å². The molecule has 0 aromatic heterocycles. The molecule has 0 heterocycles. The van der Waals surface area contributed by atoms with Gasteiger partial charge in [-0.3, -0.25) is 0 Å². The highest BCUT2D eigenvalue weighted by Gasteiger charge is 1.92. The third-order valence-corrected chi connectivity index (χ3v) is 2.58. The van der Waals surface area contributed by atoms with Crippen molar-refractivity contribution in [3.63, 3.8) is 0 Å². The number of halogens is 1. The summed E-state index contributed by atoms with van der Waals surface area (Å²) >= 11 is 7.53. The smallest absolute Gasteiger partial charge is 0.0835 e. The van der Waals surface area contributed by atoms with Crippen molar-refractivity contribution in [1.29, 1.82) is 0 Å². The fourth-order valence-electron chi connectivity index (χ4n) is 0.721. The van der Waals surface area contributed by atoms with Crippen molar-refractivity contribution in [2.45, 2.75) is 4.90 Å². The van der Waals surface area contributed by atoms with Crippen molar-refractivity contribution in [3.8, 4) is 0 Å². The average Bonchev–Trinajstić information content (AvgIpc) is 2.04. The van der Waals surface area contributed by atoms with Crippen LogP contribution in [-0.2, 0) is 0 Å². The van der Waals surface area contributed by atoms with Gasteiger partial charge in [0, 0.05) is 15.7 Å². The average molecular weight is 189 g/mol. The highest BCUT2D eigenvalue weighted by atomic mass is 35.5. The minimum Gasteiger partial charge on any atom is -0.357 e. The molecular weight excluding hydrogens is 178 g/mol. The van der Waals surface area contributed by atoms with Gasteiger partial charge >= 0.3 is 0 Å². The van der Waals surface area contributed by atoms with E-state index in [4.69, 9.17) is 11.6 Å². The largest absolute Gasteiger partial charge is 0.357 e. The molecule has 0 aliphatic rings. The molecule has 1 aromatic rings. The Bertz CT molecular complexity index is 210. The van der Waals surface area contributed by atoms with Gasteiger partial charge in [0.05, 0.1) is 6.54 Å². The Kier molecular flexibility index (Phi) is 3.77. The van der Waals surface area contributed by atoms with Crippen LogP contribution in [0.2, 0.25) is 5.02 Å². The fourth-order valence-corrected chi connectivity index (χ4v) is 1.56. The molecule has 0 radical (unpaired) electrons. The molecule has 1 nitrogen and oxygen atoms in total. The van der Waals surface area contributed by atoms with Crippen LogP contribution in [0.4, 0.5) is 0 Å². The molecule has 0 saturated heterocycles. The molecule has 0 spiro atoms. The van der Waals surface area contributed by atoms with Crippen LogP contribution in [-0.4, -0.2) is 12.3 Å². The molecule has 1 aromatic carbocycles. The van der Waals surface area contributed by atoms with E-state index in [1.807, 2.05) is 36.0 Å². The number of benzene rings is 1. The number of hydrogen-bond donors (Lipinski definition) is 1. The first kappa shape index (κ1) is 8.91. The first-order valence-corrected chi connectivity index (χ1v) is 4.87. The van der Waals surface area contributed by atoms with Gasteiger partial charge in [-0.2, -0.15) is 0 Å². The molecule has 0 aliphatic carbocycles. The lowest BCUT2D eigenvalue weighted by molar-refractivity contribution is -0.360. The van der Waals surface area contributed by atoms with E-state index in [1.54, 1.807) is 0 Å². The predicted molar refractivity (Wildman–Crippen MR) is 49.9 cm³/mol. The second-order valence-corrected chi connectivity index (χ2v) is 3.76. The molecule has 0 bridgehead atoms. The topological polar surface area (TPSA) is 27.6 Å². The zero-order valence-corrected chi connectivity index (χ0v) is 7.79. The highest BCUT2D eigenvalue weighted by Crippen LogP contribution is 2.19. The Hall–Kier alpha value is -0.180. The van der Waals surface area contributed by atoms with Crippen LogP contribution >= 0.6 is 23.4 Å². The molecular formula is C8H11ClNS+. The number of hydrogen-bond acceptors (Lipinski definition) is 1. The summed E-state index contributed by atoms with van der Waals surface area (Å²) in [5.41, 5.74) is 3.77. The fraction of sp³-hybridized carbons (Fsp3) is 0.250. The maximum Gasteiger partial charge on any atom is 0.0835 e. The molecule has 0 fully saturated rings. The SMILES string of the molecule is [NH3+]CCSc1ccc(Cl)cc1. The molecule has 0 unspecified atom stereocenters. The quantitative estimate of drug-likeness (QED) is 0.719. The Morgan fingerprint density at radius 3 is 2.45 bits per heavy atom. The Morgan fingerprint density at radius 2 is 1.91 bits per heavy atom. The molecule has 3 heteroatoms. The van der Waals surface area contributed by atoms with E-state index >= 15 is 0 Å². The van der Waals surface area contributed by atoms with E-state index in [1.165, 1.54) is 4.90 Å². The third kappa shape index (κ3) is 3.14. The zero-order chi connectivity index (χ0) is 8.10. The van der Waals surface area contributed by atoms with Crippen molar-refractivity contribution in [2.75, 3.05) is 12.3 Å². The standard InChI is InChI=1S/C8H10ClNS/c9-7-1-3-8(4-2-7)11-6-5-10/h1-4H,5-6,10H2/p+1. The molecule has 0 amide bonds. The monoisotopic (exact) mass is 188 g/mol. The summed E-state index contributed by atoms with van der Waals surface area (Å²) in [5.74, 6) is 1.07. The highest BCUT2D eigenvalue weighted by molar-refractivity contribution is 7.99. The zero-order valence-electron chi connectivity index (χ0n) is 6.22. The van der Waals surface area contributed by atoms with Gasteiger partial charge in [0.15, 0.2) is 0 Å². The second-order valence-electron chi connectivity index (χ2n) is 2.16.